The average molecular weight is 306 g/mol. The van der Waals surface area contributed by atoms with Gasteiger partial charge in [0, 0.05) is 43.9 Å². The smallest absolute Gasteiger partial charge is 0.192 e. The Balaban J connectivity index is 2.53. The molecule has 19 heavy (non-hydrogen) atoms. The van der Waals surface area contributed by atoms with E-state index >= 15 is 0 Å². The van der Waals surface area contributed by atoms with E-state index in [2.05, 4.69) is 38.8 Å². The van der Waals surface area contributed by atoms with E-state index in [1.165, 1.54) is 11.5 Å². The highest BCUT2D eigenvalue weighted by atomic mass is 32.2. The molecule has 1 aliphatic heterocycles. The van der Waals surface area contributed by atoms with E-state index in [0.717, 1.165) is 26.1 Å². The Morgan fingerprint density at radius 2 is 1.84 bits per heavy atom. The van der Waals surface area contributed by atoms with E-state index in [0.29, 0.717) is 6.04 Å². The normalized spacial score (nSPS) is 20.5. The lowest BCUT2D eigenvalue weighted by Crippen LogP contribution is -2.48. The second kappa shape index (κ2) is 7.45. The van der Waals surface area contributed by atoms with Crippen molar-refractivity contribution in [2.45, 2.75) is 51.4 Å². The molecule has 0 amide bonds. The number of aliphatic hydroxyl groups is 1. The van der Waals surface area contributed by atoms with Crippen LogP contribution in [0.3, 0.4) is 0 Å². The summed E-state index contributed by atoms with van der Waals surface area (Å²) in [6, 6.07) is 0.389. The molecule has 1 heterocycles. The van der Waals surface area contributed by atoms with Gasteiger partial charge in [-0.15, -0.1) is 0 Å². The number of hydrogen-bond donors (Lipinski definition) is 1. The second-order valence-corrected chi connectivity index (χ2v) is 12.9. The monoisotopic (exact) mass is 305 g/mol. The number of rotatable bonds is 6. The predicted molar refractivity (Wildman–Crippen MR) is 87.5 cm³/mol. The summed E-state index contributed by atoms with van der Waals surface area (Å²) in [5.74, 6) is 2.42. The van der Waals surface area contributed by atoms with Crippen LogP contribution in [-0.2, 0) is 4.43 Å². The SMILES string of the molecule is CC(C)(C)[Si](C)(C)OCC(CCO)N1CCSCC1. The molecule has 0 saturated carbocycles. The highest BCUT2D eigenvalue weighted by molar-refractivity contribution is 7.99. The van der Waals surface area contributed by atoms with Crippen molar-refractivity contribution < 1.29 is 9.53 Å². The number of hydrogen-bond acceptors (Lipinski definition) is 4. The molecule has 1 unspecified atom stereocenters. The molecule has 0 aromatic carbocycles. The van der Waals surface area contributed by atoms with Gasteiger partial charge in [0.05, 0.1) is 0 Å². The fourth-order valence-electron chi connectivity index (χ4n) is 1.98. The lowest BCUT2D eigenvalue weighted by atomic mass is 10.2. The van der Waals surface area contributed by atoms with Gasteiger partial charge in [-0.25, -0.2) is 0 Å². The van der Waals surface area contributed by atoms with E-state index in [1.807, 2.05) is 11.8 Å². The molecule has 5 heteroatoms. The molecular formula is C14H31NO2SSi. The van der Waals surface area contributed by atoms with Gasteiger partial charge in [0.2, 0.25) is 0 Å². The van der Waals surface area contributed by atoms with Crippen LogP contribution >= 0.6 is 11.8 Å². The molecule has 0 aromatic rings. The summed E-state index contributed by atoms with van der Waals surface area (Å²) in [5.41, 5.74) is 0. The minimum absolute atomic E-state index is 0.258. The van der Waals surface area contributed by atoms with Gasteiger partial charge >= 0.3 is 0 Å². The molecule has 1 saturated heterocycles. The van der Waals surface area contributed by atoms with Crippen LogP contribution in [0, 0.1) is 0 Å². The van der Waals surface area contributed by atoms with Crippen LogP contribution in [0.1, 0.15) is 27.2 Å². The van der Waals surface area contributed by atoms with E-state index in [4.69, 9.17) is 4.43 Å². The summed E-state index contributed by atoms with van der Waals surface area (Å²) in [6.45, 7) is 14.7. The Morgan fingerprint density at radius 3 is 2.32 bits per heavy atom. The van der Waals surface area contributed by atoms with Crippen LogP contribution in [0.15, 0.2) is 0 Å². The number of thioether (sulfide) groups is 1. The summed E-state index contributed by atoms with van der Waals surface area (Å²) < 4.78 is 6.34. The molecule has 114 valence electrons. The van der Waals surface area contributed by atoms with Crippen molar-refractivity contribution in [3.63, 3.8) is 0 Å². The molecule has 0 radical (unpaired) electrons. The van der Waals surface area contributed by atoms with Crippen molar-refractivity contribution in [3.05, 3.63) is 0 Å². The highest BCUT2D eigenvalue weighted by Gasteiger charge is 2.38. The van der Waals surface area contributed by atoms with Crippen LogP contribution in [0.25, 0.3) is 0 Å². The Kier molecular flexibility index (Phi) is 6.86. The van der Waals surface area contributed by atoms with Crippen molar-refractivity contribution in [1.29, 1.82) is 0 Å². The summed E-state index contributed by atoms with van der Waals surface area (Å²) in [5, 5.41) is 9.54. The first-order chi connectivity index (χ1) is 8.78. The quantitative estimate of drug-likeness (QED) is 0.765. The van der Waals surface area contributed by atoms with Gasteiger partial charge < -0.3 is 9.53 Å². The number of nitrogens with zero attached hydrogens (tertiary/aromatic N) is 1. The molecule has 1 fully saturated rings. The molecule has 3 nitrogen and oxygen atoms in total. The maximum Gasteiger partial charge on any atom is 0.192 e. The van der Waals surface area contributed by atoms with Crippen molar-refractivity contribution in [3.8, 4) is 0 Å². The Morgan fingerprint density at radius 1 is 1.26 bits per heavy atom. The van der Waals surface area contributed by atoms with Gasteiger partial charge in [-0.2, -0.15) is 11.8 Å². The van der Waals surface area contributed by atoms with E-state index in [-0.39, 0.29) is 11.6 Å². The maximum absolute atomic E-state index is 9.28. The van der Waals surface area contributed by atoms with E-state index < -0.39 is 8.32 Å². The molecule has 0 aromatic heterocycles. The molecule has 1 rings (SSSR count). The Hall–Kier alpha value is 0.447. The lowest BCUT2D eigenvalue weighted by molar-refractivity contribution is 0.111. The van der Waals surface area contributed by atoms with Gasteiger partial charge in [-0.3, -0.25) is 4.90 Å². The molecule has 0 bridgehead atoms. The van der Waals surface area contributed by atoms with Crippen LogP contribution < -0.4 is 0 Å². The van der Waals surface area contributed by atoms with Gasteiger partial charge in [-0.1, -0.05) is 20.8 Å². The van der Waals surface area contributed by atoms with Crippen molar-refractivity contribution >= 4 is 20.1 Å². The third-order valence-electron chi connectivity index (χ3n) is 4.47. The molecule has 0 aliphatic carbocycles. The first kappa shape index (κ1) is 17.5. The molecular weight excluding hydrogens is 274 g/mol. The van der Waals surface area contributed by atoms with E-state index in [9.17, 15) is 5.11 Å². The second-order valence-electron chi connectivity index (χ2n) is 6.89. The molecule has 0 spiro atoms. The van der Waals surface area contributed by atoms with Gasteiger partial charge in [0.25, 0.3) is 0 Å². The predicted octanol–water partition coefficient (Wildman–Crippen LogP) is 2.81. The average Bonchev–Trinajstić information content (AvgIpc) is 2.34. The largest absolute Gasteiger partial charge is 0.415 e. The summed E-state index contributed by atoms with van der Waals surface area (Å²) in [6.07, 6.45) is 0.833. The van der Waals surface area contributed by atoms with E-state index in [1.54, 1.807) is 0 Å². The van der Waals surface area contributed by atoms with Crippen molar-refractivity contribution in [2.24, 2.45) is 0 Å². The minimum atomic E-state index is -1.67. The van der Waals surface area contributed by atoms with Crippen molar-refractivity contribution in [2.75, 3.05) is 37.8 Å². The van der Waals surface area contributed by atoms with Gasteiger partial charge in [0.1, 0.15) is 0 Å². The Labute approximate surface area is 124 Å². The van der Waals surface area contributed by atoms with Gasteiger partial charge in [-0.05, 0) is 24.6 Å². The minimum Gasteiger partial charge on any atom is -0.415 e. The first-order valence-electron chi connectivity index (χ1n) is 7.34. The summed E-state index contributed by atoms with van der Waals surface area (Å²) in [7, 11) is -1.67. The van der Waals surface area contributed by atoms with Crippen LogP contribution in [-0.4, -0.2) is 62.2 Å². The standard InChI is InChI=1S/C14H31NO2SSi/c1-14(2,3)19(4,5)17-12-13(6-9-16)15-7-10-18-11-8-15/h13,16H,6-12H2,1-5H3. The topological polar surface area (TPSA) is 32.7 Å². The highest BCUT2D eigenvalue weighted by Crippen LogP contribution is 2.36. The Bertz CT molecular complexity index is 263. The first-order valence-corrected chi connectivity index (χ1v) is 11.4. The third kappa shape index (κ3) is 5.38. The zero-order valence-electron chi connectivity index (χ0n) is 13.2. The van der Waals surface area contributed by atoms with Crippen molar-refractivity contribution in [1.82, 2.24) is 4.90 Å². The molecule has 1 N–H and O–H groups in total. The zero-order valence-corrected chi connectivity index (χ0v) is 15.1. The van der Waals surface area contributed by atoms with Crippen LogP contribution in [0.2, 0.25) is 18.1 Å². The fourth-order valence-corrected chi connectivity index (χ4v) is 3.96. The zero-order chi connectivity index (χ0) is 14.5. The maximum atomic E-state index is 9.28. The number of aliphatic hydroxyl groups excluding tert-OH is 1. The summed E-state index contributed by atoms with van der Waals surface area (Å²) in [4.78, 5) is 2.50. The third-order valence-corrected chi connectivity index (χ3v) is 9.91. The molecule has 1 aliphatic rings. The lowest BCUT2D eigenvalue weighted by Gasteiger charge is -2.40. The van der Waals surface area contributed by atoms with Crippen LogP contribution in [0.4, 0.5) is 0 Å². The molecule has 1 atom stereocenters. The van der Waals surface area contributed by atoms with Gasteiger partial charge in [0.15, 0.2) is 8.32 Å². The van der Waals surface area contributed by atoms with Crippen LogP contribution in [0.5, 0.6) is 0 Å². The summed E-state index contributed by atoms with van der Waals surface area (Å²) >= 11 is 2.03. The fraction of sp³-hybridized carbons (Fsp3) is 1.00.